The van der Waals surface area contributed by atoms with Crippen LogP contribution in [0.25, 0.3) is 11.1 Å². The summed E-state index contributed by atoms with van der Waals surface area (Å²) in [4.78, 5) is 2.07. The molecule has 3 rings (SSSR count). The summed E-state index contributed by atoms with van der Waals surface area (Å²) in [5.41, 5.74) is 11.8. The van der Waals surface area contributed by atoms with E-state index in [0.29, 0.717) is 13.1 Å². The maximum absolute atomic E-state index is 9.37. The monoisotopic (exact) mass is 336 g/mol. The molecule has 0 amide bonds. The second-order valence-corrected chi connectivity index (χ2v) is 6.07. The first-order chi connectivity index (χ1) is 12.3. The van der Waals surface area contributed by atoms with Crippen LogP contribution < -0.4 is 10.6 Å². The average Bonchev–Trinajstić information content (AvgIpc) is 3.18. The summed E-state index contributed by atoms with van der Waals surface area (Å²) in [5.74, 6) is 0.0587. The van der Waals surface area contributed by atoms with Crippen LogP contribution in [-0.2, 0) is 0 Å². The van der Waals surface area contributed by atoms with Crippen molar-refractivity contribution in [3.8, 4) is 11.1 Å². The molecule has 4 N–H and O–H groups in total. The van der Waals surface area contributed by atoms with Gasteiger partial charge in [0.2, 0.25) is 0 Å². The summed E-state index contributed by atoms with van der Waals surface area (Å²) in [7, 11) is 1.99. The predicted molar refractivity (Wildman–Crippen MR) is 102 cm³/mol. The van der Waals surface area contributed by atoms with Gasteiger partial charge in [0.1, 0.15) is 0 Å². The topological polar surface area (TPSA) is 78.2 Å². The Morgan fingerprint density at radius 2 is 1.96 bits per heavy atom. The summed E-state index contributed by atoms with van der Waals surface area (Å²) < 4.78 is 0. The molecule has 1 atom stereocenters. The van der Waals surface area contributed by atoms with E-state index in [0.717, 1.165) is 22.4 Å². The maximum atomic E-state index is 9.37. The molecule has 1 aromatic heterocycles. The highest BCUT2D eigenvalue weighted by Gasteiger charge is 2.22. The van der Waals surface area contributed by atoms with E-state index in [1.54, 1.807) is 0 Å². The molecule has 130 valence electrons. The van der Waals surface area contributed by atoms with E-state index in [1.807, 2.05) is 43.7 Å². The van der Waals surface area contributed by atoms with E-state index in [2.05, 4.69) is 39.4 Å². The van der Waals surface area contributed by atoms with Gasteiger partial charge >= 0.3 is 0 Å². The third-order valence-electron chi connectivity index (χ3n) is 4.53. The molecule has 5 heteroatoms. The lowest BCUT2D eigenvalue weighted by Crippen LogP contribution is -2.25. The van der Waals surface area contributed by atoms with E-state index >= 15 is 0 Å². The van der Waals surface area contributed by atoms with E-state index in [9.17, 15) is 5.11 Å². The number of benzene rings is 2. The fourth-order valence-corrected chi connectivity index (χ4v) is 3.28. The Bertz CT molecular complexity index is 787. The van der Waals surface area contributed by atoms with Crippen LogP contribution in [0, 0.1) is 0 Å². The second-order valence-electron chi connectivity index (χ2n) is 6.07. The molecule has 0 fully saturated rings. The van der Waals surface area contributed by atoms with Gasteiger partial charge in [-0.25, -0.2) is 0 Å². The molecule has 25 heavy (non-hydrogen) atoms. The number of hydrogen-bond donors (Lipinski definition) is 3. The summed E-state index contributed by atoms with van der Waals surface area (Å²) in [6.07, 6.45) is 3.72. The molecule has 3 aromatic rings. The summed E-state index contributed by atoms with van der Waals surface area (Å²) in [6, 6.07) is 16.5. The zero-order valence-corrected chi connectivity index (χ0v) is 14.4. The number of rotatable bonds is 7. The second kappa shape index (κ2) is 7.96. The number of hydrogen-bond acceptors (Lipinski definition) is 4. The minimum absolute atomic E-state index is 0.0587. The van der Waals surface area contributed by atoms with Gasteiger partial charge in [0, 0.05) is 43.5 Å². The molecule has 0 aliphatic rings. The molecule has 0 spiro atoms. The smallest absolute Gasteiger partial charge is 0.0606 e. The van der Waals surface area contributed by atoms with E-state index in [1.165, 1.54) is 5.56 Å². The minimum atomic E-state index is 0.0587. The van der Waals surface area contributed by atoms with Crippen molar-refractivity contribution in [1.82, 2.24) is 10.2 Å². The van der Waals surface area contributed by atoms with Crippen molar-refractivity contribution in [2.24, 2.45) is 5.73 Å². The molecule has 5 nitrogen and oxygen atoms in total. The van der Waals surface area contributed by atoms with E-state index < -0.39 is 0 Å². The lowest BCUT2D eigenvalue weighted by atomic mass is 9.85. The van der Waals surface area contributed by atoms with Crippen LogP contribution in [0.4, 0.5) is 5.69 Å². The summed E-state index contributed by atoms with van der Waals surface area (Å²) >= 11 is 0. The van der Waals surface area contributed by atoms with Gasteiger partial charge in [-0.2, -0.15) is 5.10 Å². The standard InChI is InChI=1S/C20H24N4O/c1-24(10-11-25)19-9-5-8-17(16-13-22-23-14-16)20(19)18(12-21)15-6-3-2-4-7-15/h2-9,13-14,18,25H,10-12,21H2,1H3,(H,22,23). The lowest BCUT2D eigenvalue weighted by molar-refractivity contribution is 0.304. The van der Waals surface area contributed by atoms with Crippen LogP contribution in [0.15, 0.2) is 60.9 Å². The van der Waals surface area contributed by atoms with Gasteiger partial charge in [0.05, 0.1) is 12.8 Å². The Kier molecular flexibility index (Phi) is 5.48. The third kappa shape index (κ3) is 3.57. The number of likely N-dealkylation sites (N-methyl/N-ethyl adjacent to an activating group) is 1. The largest absolute Gasteiger partial charge is 0.395 e. The normalized spacial score (nSPS) is 12.1. The fourth-order valence-electron chi connectivity index (χ4n) is 3.28. The highest BCUT2D eigenvalue weighted by molar-refractivity contribution is 5.76. The molecular formula is C20H24N4O. The molecule has 0 bridgehead atoms. The van der Waals surface area contributed by atoms with Crippen LogP contribution in [-0.4, -0.2) is 42.0 Å². The predicted octanol–water partition coefficient (Wildman–Crippen LogP) is 2.60. The number of aromatic nitrogens is 2. The van der Waals surface area contributed by atoms with Crippen molar-refractivity contribution in [1.29, 1.82) is 0 Å². The van der Waals surface area contributed by atoms with Crippen molar-refractivity contribution in [3.05, 3.63) is 72.1 Å². The van der Waals surface area contributed by atoms with Crippen LogP contribution >= 0.6 is 0 Å². The molecule has 1 unspecified atom stereocenters. The van der Waals surface area contributed by atoms with E-state index in [4.69, 9.17) is 5.73 Å². The van der Waals surface area contributed by atoms with Gasteiger partial charge in [-0.3, -0.25) is 5.10 Å². The van der Waals surface area contributed by atoms with Crippen molar-refractivity contribution < 1.29 is 5.11 Å². The van der Waals surface area contributed by atoms with Crippen molar-refractivity contribution in [2.75, 3.05) is 31.6 Å². The highest BCUT2D eigenvalue weighted by atomic mass is 16.3. The van der Waals surface area contributed by atoms with Crippen LogP contribution in [0.1, 0.15) is 17.0 Å². The molecule has 2 aromatic carbocycles. The molecule has 1 heterocycles. The van der Waals surface area contributed by atoms with Gasteiger partial charge in [-0.05, 0) is 22.8 Å². The van der Waals surface area contributed by atoms with Crippen LogP contribution in [0.3, 0.4) is 0 Å². The first-order valence-corrected chi connectivity index (χ1v) is 8.45. The van der Waals surface area contributed by atoms with Crippen molar-refractivity contribution in [2.45, 2.75) is 5.92 Å². The molecule has 0 saturated heterocycles. The number of aliphatic hydroxyl groups excluding tert-OH is 1. The number of nitrogens with one attached hydrogen (secondary N) is 1. The first kappa shape index (κ1) is 17.2. The Balaban J connectivity index is 2.20. The van der Waals surface area contributed by atoms with Gasteiger partial charge in [0.25, 0.3) is 0 Å². The van der Waals surface area contributed by atoms with Crippen molar-refractivity contribution >= 4 is 5.69 Å². The molecule has 0 radical (unpaired) electrons. The zero-order chi connectivity index (χ0) is 17.6. The van der Waals surface area contributed by atoms with Crippen molar-refractivity contribution in [3.63, 3.8) is 0 Å². The van der Waals surface area contributed by atoms with Gasteiger partial charge in [-0.1, -0.05) is 42.5 Å². The fraction of sp³-hybridized carbons (Fsp3) is 0.250. The Labute approximate surface area is 148 Å². The SMILES string of the molecule is CN(CCO)c1cccc(-c2cn[nH]c2)c1C(CN)c1ccccc1. The number of H-pyrrole nitrogens is 1. The molecule has 0 saturated carbocycles. The van der Waals surface area contributed by atoms with Crippen LogP contribution in [0.2, 0.25) is 0 Å². The van der Waals surface area contributed by atoms with Gasteiger partial charge < -0.3 is 15.7 Å². The maximum Gasteiger partial charge on any atom is 0.0606 e. The van der Waals surface area contributed by atoms with Crippen LogP contribution in [0.5, 0.6) is 0 Å². The molecular weight excluding hydrogens is 312 g/mol. The highest BCUT2D eigenvalue weighted by Crippen LogP contribution is 2.39. The average molecular weight is 336 g/mol. The van der Waals surface area contributed by atoms with Gasteiger partial charge in [0.15, 0.2) is 0 Å². The number of anilines is 1. The summed E-state index contributed by atoms with van der Waals surface area (Å²) in [5, 5.41) is 16.4. The minimum Gasteiger partial charge on any atom is -0.395 e. The quantitative estimate of drug-likeness (QED) is 0.620. The first-order valence-electron chi connectivity index (χ1n) is 8.45. The zero-order valence-electron chi connectivity index (χ0n) is 14.4. The van der Waals surface area contributed by atoms with Gasteiger partial charge in [-0.15, -0.1) is 0 Å². The molecule has 0 aliphatic carbocycles. The Morgan fingerprint density at radius 1 is 1.16 bits per heavy atom. The number of aromatic amines is 1. The Hall–Kier alpha value is -2.63. The lowest BCUT2D eigenvalue weighted by Gasteiger charge is -2.28. The molecule has 0 aliphatic heterocycles. The number of nitrogens with two attached hydrogens (primary N) is 1. The van der Waals surface area contributed by atoms with E-state index in [-0.39, 0.29) is 12.5 Å². The number of nitrogens with zero attached hydrogens (tertiary/aromatic N) is 2. The summed E-state index contributed by atoms with van der Waals surface area (Å²) in [6.45, 7) is 1.16. The Morgan fingerprint density at radius 3 is 2.60 bits per heavy atom. The third-order valence-corrected chi connectivity index (χ3v) is 4.53. The number of aliphatic hydroxyl groups is 1.